The monoisotopic (exact) mass is 640 g/mol. The first-order valence-electron chi connectivity index (χ1n) is 10.3. The van der Waals surface area contributed by atoms with Crippen molar-refractivity contribution in [1.82, 2.24) is 10.9 Å². The first kappa shape index (κ1) is 25.5. The molecule has 0 saturated carbocycles. The number of nitrogens with one attached hydrogen (secondary N) is 2. The molecular formula is C24H23Br3N2O4. The normalized spacial score (nSPS) is 10.8. The van der Waals surface area contributed by atoms with Gasteiger partial charge in [-0.3, -0.25) is 20.4 Å². The highest BCUT2D eigenvalue weighted by molar-refractivity contribution is 9.11. The summed E-state index contributed by atoms with van der Waals surface area (Å²) in [6.07, 6.45) is 0.868. The van der Waals surface area contributed by atoms with E-state index < -0.39 is 11.8 Å². The zero-order valence-corrected chi connectivity index (χ0v) is 22.8. The van der Waals surface area contributed by atoms with Gasteiger partial charge in [-0.05, 0) is 75.4 Å². The number of hydrazine groups is 1. The first-order valence-corrected chi connectivity index (χ1v) is 12.6. The van der Waals surface area contributed by atoms with E-state index in [1.54, 1.807) is 24.3 Å². The van der Waals surface area contributed by atoms with Gasteiger partial charge in [-0.25, -0.2) is 0 Å². The number of amides is 2. The Balaban J connectivity index is 1.57. The molecule has 3 aromatic carbocycles. The summed E-state index contributed by atoms with van der Waals surface area (Å²) in [7, 11) is 0. The average molecular weight is 643 g/mol. The van der Waals surface area contributed by atoms with Gasteiger partial charge >= 0.3 is 0 Å². The number of halogens is 3. The minimum Gasteiger partial charge on any atom is -0.493 e. The van der Waals surface area contributed by atoms with Crippen molar-refractivity contribution < 1.29 is 19.1 Å². The largest absolute Gasteiger partial charge is 0.493 e. The van der Waals surface area contributed by atoms with Crippen LogP contribution < -0.4 is 20.3 Å². The Morgan fingerprint density at radius 2 is 1.58 bits per heavy atom. The molecule has 0 heterocycles. The summed E-state index contributed by atoms with van der Waals surface area (Å²) in [5.41, 5.74) is 5.11. The molecule has 0 aromatic heterocycles. The fraction of sp³-hybridized carbons (Fsp3) is 0.250. The molecule has 0 saturated heterocycles. The number of ether oxygens (including phenoxy) is 2. The number of hydrogen-bond acceptors (Lipinski definition) is 4. The quantitative estimate of drug-likeness (QED) is 0.279. The zero-order valence-electron chi connectivity index (χ0n) is 18.1. The van der Waals surface area contributed by atoms with Gasteiger partial charge in [0, 0.05) is 8.95 Å². The Morgan fingerprint density at radius 1 is 0.879 bits per heavy atom. The van der Waals surface area contributed by atoms with E-state index >= 15 is 0 Å². The summed E-state index contributed by atoms with van der Waals surface area (Å²) in [6.45, 7) is 4.44. The zero-order chi connectivity index (χ0) is 24.0. The smallest absolute Gasteiger partial charge is 0.276 e. The summed E-state index contributed by atoms with van der Waals surface area (Å²) in [5.74, 6) is 0.485. The van der Waals surface area contributed by atoms with Gasteiger partial charge in [0.1, 0.15) is 11.5 Å². The Morgan fingerprint density at radius 3 is 2.33 bits per heavy atom. The molecule has 0 aliphatic heterocycles. The molecule has 2 amide bonds. The summed E-state index contributed by atoms with van der Waals surface area (Å²) >= 11 is 10.4. The van der Waals surface area contributed by atoms with E-state index in [9.17, 15) is 9.59 Å². The lowest BCUT2D eigenvalue weighted by Crippen LogP contribution is -2.44. The van der Waals surface area contributed by atoms with Crippen molar-refractivity contribution >= 4 is 70.4 Å². The highest BCUT2D eigenvalue weighted by Crippen LogP contribution is 2.34. The van der Waals surface area contributed by atoms with Crippen molar-refractivity contribution in [1.29, 1.82) is 0 Å². The fourth-order valence-electron chi connectivity index (χ4n) is 2.94. The molecule has 2 N–H and O–H groups in total. The molecular weight excluding hydrogens is 620 g/mol. The molecule has 0 unspecified atom stereocenters. The molecule has 3 aromatic rings. The van der Waals surface area contributed by atoms with Gasteiger partial charge < -0.3 is 9.47 Å². The molecule has 0 aliphatic rings. The van der Waals surface area contributed by atoms with Gasteiger partial charge in [-0.2, -0.15) is 0 Å². The molecule has 0 aliphatic carbocycles. The topological polar surface area (TPSA) is 76.7 Å². The predicted octanol–water partition coefficient (Wildman–Crippen LogP) is 6.39. The lowest BCUT2D eigenvalue weighted by Gasteiger charge is -2.14. The summed E-state index contributed by atoms with van der Waals surface area (Å²) < 4.78 is 13.9. The van der Waals surface area contributed by atoms with Crippen LogP contribution in [0.25, 0.3) is 10.8 Å². The molecule has 0 bridgehead atoms. The molecule has 174 valence electrons. The Hall–Kier alpha value is -2.10. The minimum absolute atomic E-state index is 0.267. The number of fused-ring (bicyclic) bond motifs is 1. The van der Waals surface area contributed by atoms with E-state index in [1.807, 2.05) is 24.3 Å². The van der Waals surface area contributed by atoms with Gasteiger partial charge in [0.05, 0.1) is 16.6 Å². The van der Waals surface area contributed by atoms with Crippen LogP contribution in [-0.2, 0) is 4.79 Å². The lowest BCUT2D eigenvalue weighted by molar-refractivity contribution is -0.123. The SMILES string of the molecule is CC(C)CCOc1ccc(Br)cc1C(=O)NNC(=O)COc1ccc2cc(Br)ccc2c1Br. The standard InChI is InChI=1S/C24H23Br3N2O4/c1-14(2)9-10-32-20-8-5-17(26)12-19(20)24(31)29-28-22(30)13-33-21-7-3-15-11-16(25)4-6-18(15)23(21)27/h3-8,11-12,14H,9-10,13H2,1-2H3,(H,28,30)(H,29,31). The van der Waals surface area contributed by atoms with Crippen molar-refractivity contribution in [3.63, 3.8) is 0 Å². The summed E-state index contributed by atoms with van der Waals surface area (Å²) in [5, 5.41) is 1.99. The van der Waals surface area contributed by atoms with Crippen LogP contribution in [0.2, 0.25) is 0 Å². The van der Waals surface area contributed by atoms with Gasteiger partial charge in [0.15, 0.2) is 6.61 Å². The van der Waals surface area contributed by atoms with Crippen LogP contribution in [-0.4, -0.2) is 25.0 Å². The third-order valence-electron chi connectivity index (χ3n) is 4.69. The third-order valence-corrected chi connectivity index (χ3v) is 6.50. The second kappa shape index (κ2) is 11.9. The maximum atomic E-state index is 12.6. The fourth-order valence-corrected chi connectivity index (χ4v) is 4.29. The molecule has 0 atom stereocenters. The maximum absolute atomic E-state index is 12.6. The van der Waals surface area contributed by atoms with Crippen LogP contribution in [0.5, 0.6) is 11.5 Å². The number of benzene rings is 3. The minimum atomic E-state index is -0.497. The predicted molar refractivity (Wildman–Crippen MR) is 140 cm³/mol. The van der Waals surface area contributed by atoms with E-state index in [0.29, 0.717) is 29.6 Å². The second-order valence-corrected chi connectivity index (χ2v) is 10.3. The Bertz CT molecular complexity index is 1170. The molecule has 0 spiro atoms. The van der Waals surface area contributed by atoms with E-state index in [4.69, 9.17) is 9.47 Å². The van der Waals surface area contributed by atoms with Crippen molar-refractivity contribution in [2.75, 3.05) is 13.2 Å². The number of hydrogen-bond donors (Lipinski definition) is 2. The summed E-state index contributed by atoms with van der Waals surface area (Å²) in [4.78, 5) is 24.9. The number of carbonyl (C=O) groups excluding carboxylic acids is 2. The Kier molecular flexibility index (Phi) is 9.17. The third kappa shape index (κ3) is 7.19. The van der Waals surface area contributed by atoms with Gasteiger partial charge in [0.25, 0.3) is 11.8 Å². The van der Waals surface area contributed by atoms with Gasteiger partial charge in [0.2, 0.25) is 0 Å². The van der Waals surface area contributed by atoms with E-state index in [0.717, 1.165) is 30.6 Å². The molecule has 9 heteroatoms. The molecule has 6 nitrogen and oxygen atoms in total. The molecule has 0 fully saturated rings. The number of rotatable bonds is 8. The van der Waals surface area contributed by atoms with Crippen molar-refractivity contribution in [3.05, 3.63) is 67.5 Å². The van der Waals surface area contributed by atoms with Crippen LogP contribution >= 0.6 is 47.8 Å². The number of carbonyl (C=O) groups is 2. The summed E-state index contributed by atoms with van der Waals surface area (Å²) in [6, 6.07) is 14.7. The van der Waals surface area contributed by atoms with Gasteiger partial charge in [-0.1, -0.05) is 57.8 Å². The van der Waals surface area contributed by atoms with Crippen molar-refractivity contribution in [3.8, 4) is 11.5 Å². The van der Waals surface area contributed by atoms with E-state index in [2.05, 4.69) is 72.5 Å². The van der Waals surface area contributed by atoms with Crippen LogP contribution in [0.1, 0.15) is 30.6 Å². The van der Waals surface area contributed by atoms with Gasteiger partial charge in [-0.15, -0.1) is 0 Å². The molecule has 3 rings (SSSR count). The van der Waals surface area contributed by atoms with E-state index in [1.165, 1.54) is 0 Å². The van der Waals surface area contributed by atoms with Crippen LogP contribution in [0.3, 0.4) is 0 Å². The lowest BCUT2D eigenvalue weighted by atomic mass is 10.1. The van der Waals surface area contributed by atoms with Crippen LogP contribution in [0, 0.1) is 5.92 Å². The second-order valence-electron chi connectivity index (χ2n) is 7.71. The Labute approximate surface area is 217 Å². The first-order chi connectivity index (χ1) is 15.7. The van der Waals surface area contributed by atoms with Crippen LogP contribution in [0.15, 0.2) is 61.9 Å². The maximum Gasteiger partial charge on any atom is 0.276 e. The molecule has 0 radical (unpaired) electrons. The van der Waals surface area contributed by atoms with Crippen molar-refractivity contribution in [2.24, 2.45) is 5.92 Å². The van der Waals surface area contributed by atoms with E-state index in [-0.39, 0.29) is 6.61 Å². The molecule has 33 heavy (non-hydrogen) atoms. The van der Waals surface area contributed by atoms with Crippen LogP contribution in [0.4, 0.5) is 0 Å². The average Bonchev–Trinajstić information content (AvgIpc) is 2.77. The highest BCUT2D eigenvalue weighted by Gasteiger charge is 2.15. The van der Waals surface area contributed by atoms with Crippen molar-refractivity contribution in [2.45, 2.75) is 20.3 Å². The highest BCUT2D eigenvalue weighted by atomic mass is 79.9.